The Morgan fingerprint density at radius 2 is 1.76 bits per heavy atom. The van der Waals surface area contributed by atoms with Gasteiger partial charge >= 0.3 is 0 Å². The molecule has 0 radical (unpaired) electrons. The van der Waals surface area contributed by atoms with E-state index >= 15 is 4.39 Å². The number of hydrogen-bond acceptors (Lipinski definition) is 0. The van der Waals surface area contributed by atoms with E-state index in [4.69, 9.17) is 0 Å². The quantitative estimate of drug-likeness (QED) is 0.453. The molecular formula is C28H37F. The van der Waals surface area contributed by atoms with Gasteiger partial charge in [0.15, 0.2) is 0 Å². The zero-order valence-electron chi connectivity index (χ0n) is 19.5. The van der Waals surface area contributed by atoms with E-state index in [9.17, 15) is 0 Å². The van der Waals surface area contributed by atoms with Crippen LogP contribution < -0.4 is 0 Å². The Labute approximate surface area is 177 Å². The van der Waals surface area contributed by atoms with Gasteiger partial charge in [0.25, 0.3) is 0 Å². The van der Waals surface area contributed by atoms with Gasteiger partial charge in [-0.15, -0.1) is 0 Å². The molecule has 2 unspecified atom stereocenters. The fourth-order valence-corrected chi connectivity index (χ4v) is 5.59. The third kappa shape index (κ3) is 3.37. The van der Waals surface area contributed by atoms with Crippen molar-refractivity contribution in [3.05, 3.63) is 76.2 Å². The van der Waals surface area contributed by atoms with Gasteiger partial charge in [0, 0.05) is 5.41 Å². The van der Waals surface area contributed by atoms with Crippen LogP contribution in [0.3, 0.4) is 0 Å². The number of benzene rings is 1. The summed E-state index contributed by atoms with van der Waals surface area (Å²) < 4.78 is 15.4. The van der Waals surface area contributed by atoms with E-state index in [2.05, 4.69) is 97.9 Å². The molecule has 2 aliphatic rings. The van der Waals surface area contributed by atoms with Crippen LogP contribution in [0.2, 0.25) is 0 Å². The van der Waals surface area contributed by atoms with Crippen LogP contribution >= 0.6 is 0 Å². The Kier molecular flexibility index (Phi) is 5.58. The summed E-state index contributed by atoms with van der Waals surface area (Å²) >= 11 is 0. The first kappa shape index (κ1) is 21.8. The average molecular weight is 393 g/mol. The number of allylic oxidation sites excluding steroid dienone is 7. The van der Waals surface area contributed by atoms with Crippen molar-refractivity contribution in [3.63, 3.8) is 0 Å². The Morgan fingerprint density at radius 1 is 1.07 bits per heavy atom. The summed E-state index contributed by atoms with van der Waals surface area (Å²) in [4.78, 5) is 0. The maximum Gasteiger partial charge on any atom is 0.123 e. The average Bonchev–Trinajstić information content (AvgIpc) is 2.61. The molecule has 0 amide bonds. The van der Waals surface area contributed by atoms with Crippen LogP contribution in [0.4, 0.5) is 4.39 Å². The highest BCUT2D eigenvalue weighted by Crippen LogP contribution is 2.57. The molecule has 0 nitrogen and oxygen atoms in total. The molecule has 0 fully saturated rings. The van der Waals surface area contributed by atoms with Crippen LogP contribution in [-0.2, 0) is 11.8 Å². The van der Waals surface area contributed by atoms with Gasteiger partial charge in [-0.3, -0.25) is 0 Å². The maximum atomic E-state index is 15.4. The van der Waals surface area contributed by atoms with Crippen molar-refractivity contribution < 1.29 is 4.39 Å². The molecule has 3 rings (SSSR count). The molecule has 0 aliphatic heterocycles. The first-order valence-electron chi connectivity index (χ1n) is 11.0. The zero-order chi connectivity index (χ0) is 21.6. The van der Waals surface area contributed by atoms with Crippen molar-refractivity contribution in [3.8, 4) is 0 Å². The molecular weight excluding hydrogens is 355 g/mol. The van der Waals surface area contributed by atoms with Gasteiger partial charge < -0.3 is 0 Å². The molecule has 0 saturated heterocycles. The zero-order valence-corrected chi connectivity index (χ0v) is 19.5. The fraction of sp³-hybridized carbons (Fsp3) is 0.500. The van der Waals surface area contributed by atoms with E-state index in [1.807, 2.05) is 6.08 Å². The van der Waals surface area contributed by atoms with Crippen molar-refractivity contribution >= 4 is 6.08 Å². The van der Waals surface area contributed by atoms with E-state index in [-0.39, 0.29) is 22.1 Å². The lowest BCUT2D eigenvalue weighted by atomic mass is 9.53. The van der Waals surface area contributed by atoms with Crippen LogP contribution in [0.1, 0.15) is 78.5 Å². The SMILES string of the molecule is CC=CC(C)(C1CC=C(F)C2=C1Cc1c(/C=C\C)cccc1C2(C)C)C(C)(C)C. The standard InChI is InChI=1S/C28H37F/c1-9-12-19-13-11-14-22-20(19)18-21-23(28(8,17-10-2)26(3,4)5)15-16-24(29)25(21)27(22,6)7/h9-14,16-17,23H,15,18H2,1-8H3/b12-9-,17-10?. The molecule has 1 heteroatoms. The normalized spacial score (nSPS) is 23.8. The Balaban J connectivity index is 2.28. The highest BCUT2D eigenvalue weighted by atomic mass is 19.1. The van der Waals surface area contributed by atoms with Crippen molar-refractivity contribution in [1.29, 1.82) is 0 Å². The monoisotopic (exact) mass is 392 g/mol. The van der Waals surface area contributed by atoms with Crippen LogP contribution in [0.25, 0.3) is 6.08 Å². The highest BCUT2D eigenvalue weighted by Gasteiger charge is 2.48. The second-order valence-corrected chi connectivity index (χ2v) is 10.4. The number of hydrogen-bond donors (Lipinski definition) is 0. The molecule has 2 atom stereocenters. The molecule has 0 heterocycles. The molecule has 0 aromatic heterocycles. The summed E-state index contributed by atoms with van der Waals surface area (Å²) in [5.74, 6) is 0.277. The molecule has 156 valence electrons. The second kappa shape index (κ2) is 7.42. The van der Waals surface area contributed by atoms with Gasteiger partial charge in [-0.25, -0.2) is 4.39 Å². The molecule has 29 heavy (non-hydrogen) atoms. The molecule has 0 spiro atoms. The minimum absolute atomic E-state index is 0.0138. The molecule has 2 aliphatic carbocycles. The Bertz CT molecular complexity index is 914. The molecule has 1 aromatic rings. The molecule has 0 N–H and O–H groups in total. The minimum atomic E-state index is -0.339. The van der Waals surface area contributed by atoms with Gasteiger partial charge in [-0.05, 0) is 71.8 Å². The van der Waals surface area contributed by atoms with Crippen LogP contribution in [0.5, 0.6) is 0 Å². The number of fused-ring (bicyclic) bond motifs is 1. The predicted octanol–water partition coefficient (Wildman–Crippen LogP) is 8.35. The minimum Gasteiger partial charge on any atom is -0.207 e. The lowest BCUT2D eigenvalue weighted by Crippen LogP contribution is -2.43. The van der Waals surface area contributed by atoms with E-state index in [1.54, 1.807) is 0 Å². The molecule has 0 saturated carbocycles. The molecule has 1 aromatic carbocycles. The Hall–Kier alpha value is -1.89. The summed E-state index contributed by atoms with van der Waals surface area (Å²) in [6.07, 6.45) is 12.3. The number of rotatable bonds is 3. The predicted molar refractivity (Wildman–Crippen MR) is 125 cm³/mol. The van der Waals surface area contributed by atoms with Gasteiger partial charge in [0.05, 0.1) is 0 Å². The Morgan fingerprint density at radius 3 is 2.34 bits per heavy atom. The van der Waals surface area contributed by atoms with Crippen molar-refractivity contribution in [1.82, 2.24) is 0 Å². The van der Waals surface area contributed by atoms with Crippen molar-refractivity contribution in [2.45, 2.75) is 73.6 Å². The van der Waals surface area contributed by atoms with E-state index in [0.29, 0.717) is 5.92 Å². The van der Waals surface area contributed by atoms with Crippen LogP contribution in [0.15, 0.2) is 59.5 Å². The first-order chi connectivity index (χ1) is 13.5. The summed E-state index contributed by atoms with van der Waals surface area (Å²) in [5.41, 5.74) is 5.80. The van der Waals surface area contributed by atoms with Gasteiger partial charge in [0.2, 0.25) is 0 Å². The maximum absolute atomic E-state index is 15.4. The van der Waals surface area contributed by atoms with E-state index in [1.165, 1.54) is 22.3 Å². The van der Waals surface area contributed by atoms with Crippen LogP contribution in [-0.4, -0.2) is 0 Å². The summed E-state index contributed by atoms with van der Waals surface area (Å²) in [6, 6.07) is 6.50. The van der Waals surface area contributed by atoms with Crippen molar-refractivity contribution in [2.24, 2.45) is 16.7 Å². The smallest absolute Gasteiger partial charge is 0.123 e. The van der Waals surface area contributed by atoms with E-state index < -0.39 is 0 Å². The highest BCUT2D eigenvalue weighted by molar-refractivity contribution is 5.64. The lowest BCUT2D eigenvalue weighted by Gasteiger charge is -2.51. The first-order valence-corrected chi connectivity index (χ1v) is 11.0. The van der Waals surface area contributed by atoms with Gasteiger partial charge in [-0.2, -0.15) is 0 Å². The third-order valence-electron chi connectivity index (χ3n) is 7.59. The summed E-state index contributed by atoms with van der Waals surface area (Å²) in [6.45, 7) is 17.9. The van der Waals surface area contributed by atoms with Crippen LogP contribution in [0, 0.1) is 16.7 Å². The fourth-order valence-electron chi connectivity index (χ4n) is 5.59. The second-order valence-electron chi connectivity index (χ2n) is 10.4. The van der Waals surface area contributed by atoms with E-state index in [0.717, 1.165) is 18.4 Å². The van der Waals surface area contributed by atoms with Gasteiger partial charge in [0.1, 0.15) is 5.83 Å². The number of halogens is 1. The third-order valence-corrected chi connectivity index (χ3v) is 7.59. The largest absolute Gasteiger partial charge is 0.207 e. The van der Waals surface area contributed by atoms with Gasteiger partial charge in [-0.1, -0.05) is 89.6 Å². The summed E-state index contributed by atoms with van der Waals surface area (Å²) in [5, 5.41) is 0. The topological polar surface area (TPSA) is 0 Å². The van der Waals surface area contributed by atoms with Crippen molar-refractivity contribution in [2.75, 3.05) is 0 Å². The molecule has 0 bridgehead atoms. The summed E-state index contributed by atoms with van der Waals surface area (Å²) in [7, 11) is 0. The lowest BCUT2D eigenvalue weighted by molar-refractivity contribution is 0.103.